The number of hydrogen-bond donors (Lipinski definition) is 0. The molecule has 2 heteroatoms. The smallest absolute Gasteiger partial charge is 0.223 e. The van der Waals surface area contributed by atoms with E-state index in [0.29, 0.717) is 0 Å². The number of allylic oxidation sites excluding steroid dienone is 2. The summed E-state index contributed by atoms with van der Waals surface area (Å²) in [4.78, 5) is 13.8. The first kappa shape index (κ1) is 16.5. The van der Waals surface area contributed by atoms with E-state index in [4.69, 9.17) is 0 Å². The van der Waals surface area contributed by atoms with Crippen LogP contribution in [0.1, 0.15) is 46.6 Å². The highest BCUT2D eigenvalue weighted by atomic mass is 16.2. The van der Waals surface area contributed by atoms with E-state index in [-0.39, 0.29) is 11.3 Å². The van der Waals surface area contributed by atoms with Gasteiger partial charge in [0.05, 0.1) is 0 Å². The quantitative estimate of drug-likeness (QED) is 0.710. The Balaban J connectivity index is 2.90. The zero-order valence-corrected chi connectivity index (χ0v) is 13.7. The van der Waals surface area contributed by atoms with E-state index in [1.165, 1.54) is 11.1 Å². The molecule has 0 saturated carbocycles. The summed E-state index contributed by atoms with van der Waals surface area (Å²) in [5.74, 6) is 0.0964. The molecule has 0 aliphatic heterocycles. The summed E-state index contributed by atoms with van der Waals surface area (Å²) in [5.41, 5.74) is 3.57. The Hall–Kier alpha value is -1.57. The van der Waals surface area contributed by atoms with Crippen LogP contribution in [0.3, 0.4) is 0 Å². The molecule has 20 heavy (non-hydrogen) atoms. The second-order valence-electron chi connectivity index (χ2n) is 6.59. The molecule has 1 rings (SSSR count). The number of hydrogen-bond acceptors (Lipinski definition) is 1. The zero-order valence-electron chi connectivity index (χ0n) is 13.7. The highest BCUT2D eigenvalue weighted by Crippen LogP contribution is 2.27. The summed E-state index contributed by atoms with van der Waals surface area (Å²) in [5, 5.41) is 0. The van der Waals surface area contributed by atoms with Crippen LogP contribution in [0.4, 0.5) is 5.69 Å². The lowest BCUT2D eigenvalue weighted by molar-refractivity contribution is -0.116. The van der Waals surface area contributed by atoms with Crippen LogP contribution in [0.25, 0.3) is 0 Å². The molecule has 0 saturated heterocycles. The van der Waals surface area contributed by atoms with Crippen molar-refractivity contribution >= 4 is 11.6 Å². The summed E-state index contributed by atoms with van der Waals surface area (Å²) >= 11 is 0. The van der Waals surface area contributed by atoms with E-state index in [2.05, 4.69) is 40.7 Å². The normalized spacial score (nSPS) is 11.1. The van der Waals surface area contributed by atoms with Gasteiger partial charge in [0.2, 0.25) is 5.91 Å². The minimum Gasteiger partial charge on any atom is -0.312 e. The van der Waals surface area contributed by atoms with E-state index in [1.807, 2.05) is 29.2 Å². The minimum absolute atomic E-state index is 0.0633. The third kappa shape index (κ3) is 5.20. The highest BCUT2D eigenvalue weighted by Gasteiger charge is 2.23. The maximum Gasteiger partial charge on any atom is 0.223 e. The molecular formula is C18H27NO. The SMILES string of the molecule is CC(=O)N(CC(C)(C)CC=C(C)C)c1ccc(C)cc1. The van der Waals surface area contributed by atoms with Gasteiger partial charge in [-0.3, -0.25) is 4.79 Å². The lowest BCUT2D eigenvalue weighted by atomic mass is 9.87. The highest BCUT2D eigenvalue weighted by molar-refractivity contribution is 5.91. The molecule has 0 N–H and O–H groups in total. The molecule has 110 valence electrons. The summed E-state index contributed by atoms with van der Waals surface area (Å²) in [6.45, 7) is 13.1. The Morgan fingerprint density at radius 1 is 1.15 bits per heavy atom. The monoisotopic (exact) mass is 273 g/mol. The zero-order chi connectivity index (χ0) is 15.3. The second-order valence-corrected chi connectivity index (χ2v) is 6.59. The van der Waals surface area contributed by atoms with Gasteiger partial charge in [-0.2, -0.15) is 0 Å². The fraction of sp³-hybridized carbons (Fsp3) is 0.500. The van der Waals surface area contributed by atoms with E-state index in [9.17, 15) is 4.79 Å². The van der Waals surface area contributed by atoms with Gasteiger partial charge in [-0.1, -0.05) is 43.2 Å². The third-order valence-corrected chi connectivity index (χ3v) is 3.37. The average Bonchev–Trinajstić information content (AvgIpc) is 2.35. The van der Waals surface area contributed by atoms with Gasteiger partial charge in [0.1, 0.15) is 0 Å². The molecule has 1 amide bonds. The molecule has 0 aliphatic carbocycles. The number of nitrogens with zero attached hydrogens (tertiary/aromatic N) is 1. The first-order valence-corrected chi connectivity index (χ1v) is 7.19. The standard InChI is InChI=1S/C18H27NO/c1-14(2)11-12-18(5,6)13-19(16(4)20)17-9-7-15(3)8-10-17/h7-11H,12-13H2,1-6H3. The molecule has 0 fully saturated rings. The number of benzene rings is 1. The van der Waals surface area contributed by atoms with Gasteiger partial charge in [0.15, 0.2) is 0 Å². The lowest BCUT2D eigenvalue weighted by Gasteiger charge is -2.32. The number of carbonyl (C=O) groups is 1. The van der Waals surface area contributed by atoms with Crippen molar-refractivity contribution in [3.8, 4) is 0 Å². The molecule has 0 bridgehead atoms. The maximum atomic E-state index is 12.0. The number of rotatable bonds is 5. The van der Waals surface area contributed by atoms with Crippen LogP contribution in [0.2, 0.25) is 0 Å². The Bertz CT molecular complexity index is 479. The second kappa shape index (κ2) is 6.74. The van der Waals surface area contributed by atoms with Gasteiger partial charge in [-0.25, -0.2) is 0 Å². The summed E-state index contributed by atoms with van der Waals surface area (Å²) in [7, 11) is 0. The van der Waals surface area contributed by atoms with Crippen molar-refractivity contribution in [2.45, 2.75) is 48.0 Å². The van der Waals surface area contributed by atoms with Gasteiger partial charge in [0.25, 0.3) is 0 Å². The van der Waals surface area contributed by atoms with Gasteiger partial charge < -0.3 is 4.90 Å². The summed E-state index contributed by atoms with van der Waals surface area (Å²) < 4.78 is 0. The number of aryl methyl sites for hydroxylation is 1. The fourth-order valence-corrected chi connectivity index (χ4v) is 2.08. The predicted octanol–water partition coefficient (Wildman–Crippen LogP) is 4.73. The topological polar surface area (TPSA) is 20.3 Å². The van der Waals surface area contributed by atoms with Crippen molar-refractivity contribution in [1.29, 1.82) is 0 Å². The van der Waals surface area contributed by atoms with Crippen LogP contribution in [-0.2, 0) is 4.79 Å². The average molecular weight is 273 g/mol. The number of amides is 1. The molecule has 0 heterocycles. The largest absolute Gasteiger partial charge is 0.312 e. The van der Waals surface area contributed by atoms with Crippen molar-refractivity contribution in [3.63, 3.8) is 0 Å². The molecule has 0 radical (unpaired) electrons. The summed E-state index contributed by atoms with van der Waals surface area (Å²) in [6.07, 6.45) is 3.22. The van der Waals surface area contributed by atoms with Crippen LogP contribution >= 0.6 is 0 Å². The predicted molar refractivity (Wildman–Crippen MR) is 87.0 cm³/mol. The first-order valence-electron chi connectivity index (χ1n) is 7.19. The van der Waals surface area contributed by atoms with Crippen LogP contribution in [0.5, 0.6) is 0 Å². The molecule has 2 nitrogen and oxygen atoms in total. The maximum absolute atomic E-state index is 12.0. The Kier molecular flexibility index (Phi) is 5.55. The van der Waals surface area contributed by atoms with Crippen LogP contribution in [-0.4, -0.2) is 12.5 Å². The minimum atomic E-state index is 0.0633. The van der Waals surface area contributed by atoms with Crippen LogP contribution in [0.15, 0.2) is 35.9 Å². The number of carbonyl (C=O) groups excluding carboxylic acids is 1. The van der Waals surface area contributed by atoms with E-state index < -0.39 is 0 Å². The molecule has 0 aliphatic rings. The van der Waals surface area contributed by atoms with Gasteiger partial charge in [0, 0.05) is 19.2 Å². The Morgan fingerprint density at radius 3 is 2.15 bits per heavy atom. The number of anilines is 1. The Morgan fingerprint density at radius 2 is 1.70 bits per heavy atom. The fourth-order valence-electron chi connectivity index (χ4n) is 2.08. The first-order chi connectivity index (χ1) is 9.21. The lowest BCUT2D eigenvalue weighted by Crippen LogP contribution is -2.37. The van der Waals surface area contributed by atoms with Crippen molar-refractivity contribution < 1.29 is 4.79 Å². The van der Waals surface area contributed by atoms with E-state index in [1.54, 1.807) is 6.92 Å². The molecule has 1 aromatic rings. The van der Waals surface area contributed by atoms with Crippen molar-refractivity contribution in [3.05, 3.63) is 41.5 Å². The summed E-state index contributed by atoms with van der Waals surface area (Å²) in [6, 6.07) is 8.14. The molecular weight excluding hydrogens is 246 g/mol. The van der Waals surface area contributed by atoms with Gasteiger partial charge in [-0.15, -0.1) is 0 Å². The Labute approximate surface area is 123 Å². The van der Waals surface area contributed by atoms with Crippen molar-refractivity contribution in [2.75, 3.05) is 11.4 Å². The molecule has 0 unspecified atom stereocenters. The van der Waals surface area contributed by atoms with Gasteiger partial charge >= 0.3 is 0 Å². The van der Waals surface area contributed by atoms with Crippen LogP contribution < -0.4 is 4.90 Å². The van der Waals surface area contributed by atoms with E-state index >= 15 is 0 Å². The van der Waals surface area contributed by atoms with Gasteiger partial charge in [-0.05, 0) is 44.7 Å². The molecule has 0 aromatic heterocycles. The van der Waals surface area contributed by atoms with Crippen LogP contribution in [0, 0.1) is 12.3 Å². The molecule has 0 atom stereocenters. The third-order valence-electron chi connectivity index (χ3n) is 3.37. The van der Waals surface area contributed by atoms with Crippen molar-refractivity contribution in [2.24, 2.45) is 5.41 Å². The van der Waals surface area contributed by atoms with E-state index in [0.717, 1.165) is 18.7 Å². The molecule has 1 aromatic carbocycles. The van der Waals surface area contributed by atoms with Crippen molar-refractivity contribution in [1.82, 2.24) is 0 Å². The molecule has 0 spiro atoms.